The van der Waals surface area contributed by atoms with Crippen molar-refractivity contribution in [3.8, 4) is 5.75 Å². The van der Waals surface area contributed by atoms with Gasteiger partial charge in [0.2, 0.25) is 5.91 Å². The molecule has 2 aromatic rings. The Bertz CT molecular complexity index is 943. The number of hydrogen-bond donors (Lipinski definition) is 1. The molecule has 0 aromatic heterocycles. The van der Waals surface area contributed by atoms with Gasteiger partial charge in [0, 0.05) is 20.0 Å². The van der Waals surface area contributed by atoms with E-state index < -0.39 is 6.10 Å². The number of carbonyl (C=O) groups excluding carboxylic acids is 2. The highest BCUT2D eigenvalue weighted by Gasteiger charge is 2.31. The molecule has 1 aliphatic rings. The minimum Gasteiger partial charge on any atom is -0.481 e. The van der Waals surface area contributed by atoms with Crippen molar-refractivity contribution in [2.75, 3.05) is 13.1 Å². The van der Waals surface area contributed by atoms with Crippen molar-refractivity contribution in [3.63, 3.8) is 0 Å². The Morgan fingerprint density at radius 2 is 1.91 bits per heavy atom. The van der Waals surface area contributed by atoms with E-state index in [1.807, 2.05) is 25.1 Å². The molecule has 2 amide bonds. The summed E-state index contributed by atoms with van der Waals surface area (Å²) in [4.78, 5) is 26.8. The van der Waals surface area contributed by atoms with Crippen LogP contribution in [0.1, 0.15) is 63.3 Å². The number of nitrogens with zero attached hydrogens (tertiary/aromatic N) is 1. The fraction of sp³-hybridized carbons (Fsp3) is 0.462. The minimum absolute atomic E-state index is 0.0349. The van der Waals surface area contributed by atoms with Crippen LogP contribution in [0.2, 0.25) is 0 Å². The maximum absolute atomic E-state index is 13.5. The minimum atomic E-state index is -0.586. The zero-order valence-electron chi connectivity index (χ0n) is 19.4. The molecule has 6 heteroatoms. The number of fused-ring (bicyclic) bond motifs is 1. The topological polar surface area (TPSA) is 58.6 Å². The highest BCUT2D eigenvalue weighted by atomic mass is 19.1. The van der Waals surface area contributed by atoms with Crippen molar-refractivity contribution < 1.29 is 18.7 Å². The summed E-state index contributed by atoms with van der Waals surface area (Å²) in [5.41, 5.74) is 2.92. The Morgan fingerprint density at radius 1 is 1.19 bits per heavy atom. The molecule has 1 aliphatic heterocycles. The molecule has 32 heavy (non-hydrogen) atoms. The Hall–Kier alpha value is -2.89. The molecule has 2 aromatic carbocycles. The molecule has 0 spiro atoms. The monoisotopic (exact) mass is 440 g/mol. The summed E-state index contributed by atoms with van der Waals surface area (Å²) in [5.74, 6) is 0.640. The Kier molecular flexibility index (Phi) is 7.89. The van der Waals surface area contributed by atoms with Crippen molar-refractivity contribution in [1.29, 1.82) is 0 Å². The van der Waals surface area contributed by atoms with Crippen LogP contribution in [0.15, 0.2) is 42.5 Å². The van der Waals surface area contributed by atoms with Crippen LogP contribution in [0.3, 0.4) is 0 Å². The van der Waals surface area contributed by atoms with Gasteiger partial charge in [-0.15, -0.1) is 0 Å². The van der Waals surface area contributed by atoms with Gasteiger partial charge in [-0.25, -0.2) is 4.39 Å². The normalized spacial score (nSPS) is 16.4. The fourth-order valence-corrected chi connectivity index (χ4v) is 4.09. The summed E-state index contributed by atoms with van der Waals surface area (Å²) >= 11 is 0. The van der Waals surface area contributed by atoms with Gasteiger partial charge in [0.1, 0.15) is 11.6 Å². The molecule has 0 radical (unpaired) electrons. The zero-order valence-corrected chi connectivity index (χ0v) is 19.4. The molecular weight excluding hydrogens is 407 g/mol. The van der Waals surface area contributed by atoms with Crippen LogP contribution in [0.25, 0.3) is 0 Å². The summed E-state index contributed by atoms with van der Waals surface area (Å²) in [7, 11) is 0. The third-order valence-electron chi connectivity index (χ3n) is 5.90. The fourth-order valence-electron chi connectivity index (χ4n) is 4.09. The molecule has 0 bridgehead atoms. The van der Waals surface area contributed by atoms with Gasteiger partial charge in [-0.1, -0.05) is 39.0 Å². The first-order valence-electron chi connectivity index (χ1n) is 11.4. The average molecular weight is 441 g/mol. The van der Waals surface area contributed by atoms with Gasteiger partial charge in [-0.3, -0.25) is 9.59 Å². The van der Waals surface area contributed by atoms with Crippen LogP contribution in [-0.4, -0.2) is 35.9 Å². The molecule has 0 saturated heterocycles. The SMILES string of the molecule is CCC(Oc1ccc2c(c1)C(c1ccc(F)cc1)N(C(C)=O)CC2)C(=O)NCCC(C)C. The van der Waals surface area contributed by atoms with Crippen LogP contribution < -0.4 is 10.1 Å². The summed E-state index contributed by atoms with van der Waals surface area (Å²) in [6, 6.07) is 11.7. The lowest BCUT2D eigenvalue weighted by molar-refractivity contribution is -0.131. The Labute approximate surface area is 190 Å². The van der Waals surface area contributed by atoms with E-state index >= 15 is 0 Å². The maximum atomic E-state index is 13.5. The highest BCUT2D eigenvalue weighted by molar-refractivity contribution is 5.81. The number of rotatable bonds is 8. The third kappa shape index (κ3) is 5.67. The lowest BCUT2D eigenvalue weighted by Crippen LogP contribution is -2.40. The number of carbonyl (C=O) groups is 2. The number of hydrogen-bond acceptors (Lipinski definition) is 3. The lowest BCUT2D eigenvalue weighted by Gasteiger charge is -2.37. The van der Waals surface area contributed by atoms with Crippen molar-refractivity contribution in [2.24, 2.45) is 5.92 Å². The second kappa shape index (κ2) is 10.6. The average Bonchev–Trinajstić information content (AvgIpc) is 2.76. The van der Waals surface area contributed by atoms with Gasteiger partial charge in [-0.2, -0.15) is 0 Å². The standard InChI is InChI=1S/C26H33FN2O3/c1-5-24(26(31)28-14-12-17(2)3)32-22-11-8-19-13-15-29(18(4)30)25(23(19)16-22)20-6-9-21(27)10-7-20/h6-11,16-17,24-25H,5,12-15H2,1-4H3,(H,28,31). The molecule has 0 aliphatic carbocycles. The van der Waals surface area contributed by atoms with E-state index in [-0.39, 0.29) is 23.7 Å². The van der Waals surface area contributed by atoms with Crippen LogP contribution in [0.4, 0.5) is 4.39 Å². The predicted molar refractivity (Wildman–Crippen MR) is 123 cm³/mol. The molecule has 1 N–H and O–H groups in total. The van der Waals surface area contributed by atoms with Gasteiger partial charge in [0.15, 0.2) is 6.10 Å². The van der Waals surface area contributed by atoms with E-state index in [4.69, 9.17) is 4.74 Å². The van der Waals surface area contributed by atoms with E-state index in [0.29, 0.717) is 31.2 Å². The second-order valence-electron chi connectivity index (χ2n) is 8.77. The Morgan fingerprint density at radius 3 is 2.53 bits per heavy atom. The van der Waals surface area contributed by atoms with E-state index in [0.717, 1.165) is 29.5 Å². The second-order valence-corrected chi connectivity index (χ2v) is 8.77. The first-order chi connectivity index (χ1) is 15.3. The van der Waals surface area contributed by atoms with Crippen molar-refractivity contribution >= 4 is 11.8 Å². The smallest absolute Gasteiger partial charge is 0.261 e. The lowest BCUT2D eigenvalue weighted by atomic mass is 9.88. The number of benzene rings is 2. The largest absolute Gasteiger partial charge is 0.481 e. The molecule has 5 nitrogen and oxygen atoms in total. The molecular formula is C26H33FN2O3. The summed E-state index contributed by atoms with van der Waals surface area (Å²) in [6.07, 6.45) is 1.61. The van der Waals surface area contributed by atoms with Gasteiger partial charge in [0.05, 0.1) is 6.04 Å². The molecule has 0 saturated carbocycles. The number of halogens is 1. The van der Waals surface area contributed by atoms with Crippen LogP contribution in [-0.2, 0) is 16.0 Å². The molecule has 172 valence electrons. The highest BCUT2D eigenvalue weighted by Crippen LogP contribution is 2.37. The van der Waals surface area contributed by atoms with E-state index in [2.05, 4.69) is 19.2 Å². The van der Waals surface area contributed by atoms with Gasteiger partial charge in [0.25, 0.3) is 5.91 Å². The van der Waals surface area contributed by atoms with Gasteiger partial charge < -0.3 is 15.0 Å². The first-order valence-corrected chi connectivity index (χ1v) is 11.4. The molecule has 0 fully saturated rings. The predicted octanol–water partition coefficient (Wildman–Crippen LogP) is 4.64. The van der Waals surface area contributed by atoms with Crippen molar-refractivity contribution in [1.82, 2.24) is 10.2 Å². The number of nitrogens with one attached hydrogen (secondary N) is 1. The summed E-state index contributed by atoms with van der Waals surface area (Å²) in [5, 5.41) is 2.96. The van der Waals surface area contributed by atoms with E-state index in [1.54, 1.807) is 24.0 Å². The van der Waals surface area contributed by atoms with E-state index in [1.165, 1.54) is 12.1 Å². The third-order valence-corrected chi connectivity index (χ3v) is 5.90. The molecule has 1 heterocycles. The number of amides is 2. The number of ether oxygens (including phenoxy) is 1. The molecule has 3 rings (SSSR count). The summed E-state index contributed by atoms with van der Waals surface area (Å²) < 4.78 is 19.6. The van der Waals surface area contributed by atoms with E-state index in [9.17, 15) is 14.0 Å². The zero-order chi connectivity index (χ0) is 23.3. The molecule has 2 unspecified atom stereocenters. The van der Waals surface area contributed by atoms with Crippen molar-refractivity contribution in [3.05, 3.63) is 65.0 Å². The maximum Gasteiger partial charge on any atom is 0.261 e. The van der Waals surface area contributed by atoms with Crippen LogP contribution in [0, 0.1) is 11.7 Å². The van der Waals surface area contributed by atoms with Crippen molar-refractivity contribution in [2.45, 2.75) is 59.1 Å². The first kappa shape index (κ1) is 23.8. The molecule has 2 atom stereocenters. The van der Waals surface area contributed by atoms with Gasteiger partial charge >= 0.3 is 0 Å². The summed E-state index contributed by atoms with van der Waals surface area (Å²) in [6.45, 7) is 8.94. The van der Waals surface area contributed by atoms with Gasteiger partial charge in [-0.05, 0) is 66.1 Å². The van der Waals surface area contributed by atoms with Crippen LogP contribution >= 0.6 is 0 Å². The van der Waals surface area contributed by atoms with Crippen LogP contribution in [0.5, 0.6) is 5.75 Å². The Balaban J connectivity index is 1.86. The quantitative estimate of drug-likeness (QED) is 0.651.